The predicted octanol–water partition coefficient (Wildman–Crippen LogP) is 3.71. The molecule has 3 nitrogen and oxygen atoms in total. The molecule has 0 amide bonds. The van der Waals surface area contributed by atoms with Crippen molar-refractivity contribution in [1.29, 1.82) is 0 Å². The zero-order chi connectivity index (χ0) is 13.5. The van der Waals surface area contributed by atoms with Crippen LogP contribution in [-0.4, -0.2) is 17.9 Å². The Morgan fingerprint density at radius 2 is 1.94 bits per heavy atom. The number of methoxy groups -OCH3 is 1. The summed E-state index contributed by atoms with van der Waals surface area (Å²) in [5.41, 5.74) is 2.28. The Balaban J connectivity index is 2.69. The molecule has 2 rings (SSSR count). The summed E-state index contributed by atoms with van der Waals surface area (Å²) in [6, 6.07) is 5.75. The average molecular weight is 245 g/mol. The Bertz CT molecular complexity index is 603. The van der Waals surface area contributed by atoms with Gasteiger partial charge in [-0.25, -0.2) is 0 Å². The Kier molecular flexibility index (Phi) is 2.93. The molecule has 0 saturated carbocycles. The number of hydrogen-bond acceptors (Lipinski definition) is 2. The Labute approximate surface area is 107 Å². The second kappa shape index (κ2) is 4.16. The number of benzene rings is 1. The number of ether oxygens (including phenoxy) is 1. The summed E-state index contributed by atoms with van der Waals surface area (Å²) in [7, 11) is 1.63. The highest BCUT2D eigenvalue weighted by Gasteiger charge is 2.27. The third-order valence-corrected chi connectivity index (χ3v) is 3.10. The van der Waals surface area contributed by atoms with Crippen LogP contribution in [0.5, 0.6) is 5.75 Å². The van der Waals surface area contributed by atoms with Gasteiger partial charge in [-0.05, 0) is 25.1 Å². The summed E-state index contributed by atoms with van der Waals surface area (Å²) in [5, 5.41) is 0.937. The molecule has 3 heteroatoms. The SMILES string of the molecule is COc1ccc2[nH]c(C)c(C(=O)C(C)(C)C)c2c1. The minimum absolute atomic E-state index is 0.152. The van der Waals surface area contributed by atoms with E-state index in [1.165, 1.54) is 0 Å². The highest BCUT2D eigenvalue weighted by atomic mass is 16.5. The highest BCUT2D eigenvalue weighted by Crippen LogP contribution is 2.31. The first-order valence-corrected chi connectivity index (χ1v) is 6.05. The van der Waals surface area contributed by atoms with E-state index in [0.717, 1.165) is 27.9 Å². The van der Waals surface area contributed by atoms with Crippen molar-refractivity contribution in [1.82, 2.24) is 4.98 Å². The van der Waals surface area contributed by atoms with Gasteiger partial charge in [-0.2, -0.15) is 0 Å². The number of aromatic amines is 1. The zero-order valence-corrected chi connectivity index (χ0v) is 11.5. The molecule has 0 unspecified atom stereocenters. The monoisotopic (exact) mass is 245 g/mol. The number of aryl methyl sites for hydroxylation is 1. The highest BCUT2D eigenvalue weighted by molar-refractivity contribution is 6.11. The van der Waals surface area contributed by atoms with E-state index in [0.29, 0.717) is 0 Å². The van der Waals surface area contributed by atoms with Crippen molar-refractivity contribution in [2.24, 2.45) is 5.41 Å². The molecule has 1 aromatic heterocycles. The van der Waals surface area contributed by atoms with Crippen molar-refractivity contribution >= 4 is 16.7 Å². The van der Waals surface area contributed by atoms with Gasteiger partial charge < -0.3 is 9.72 Å². The van der Waals surface area contributed by atoms with Crippen molar-refractivity contribution < 1.29 is 9.53 Å². The Hall–Kier alpha value is -1.77. The van der Waals surface area contributed by atoms with Crippen LogP contribution in [0.25, 0.3) is 10.9 Å². The fourth-order valence-electron chi connectivity index (χ4n) is 2.10. The number of H-pyrrole nitrogens is 1. The fraction of sp³-hybridized carbons (Fsp3) is 0.400. The molecule has 0 saturated heterocycles. The number of fused-ring (bicyclic) bond motifs is 1. The number of ketones is 1. The van der Waals surface area contributed by atoms with Crippen molar-refractivity contribution in [2.75, 3.05) is 7.11 Å². The third kappa shape index (κ3) is 2.01. The topological polar surface area (TPSA) is 42.1 Å². The molecule has 0 aliphatic heterocycles. The maximum absolute atomic E-state index is 12.5. The third-order valence-electron chi connectivity index (χ3n) is 3.10. The zero-order valence-electron chi connectivity index (χ0n) is 11.5. The number of carbonyl (C=O) groups is 1. The molecule has 0 fully saturated rings. The predicted molar refractivity (Wildman–Crippen MR) is 73.4 cm³/mol. The lowest BCUT2D eigenvalue weighted by Crippen LogP contribution is -2.20. The minimum Gasteiger partial charge on any atom is -0.497 e. The number of nitrogens with one attached hydrogen (secondary N) is 1. The molecule has 18 heavy (non-hydrogen) atoms. The molecule has 1 heterocycles. The largest absolute Gasteiger partial charge is 0.497 e. The van der Waals surface area contributed by atoms with Gasteiger partial charge in [0.2, 0.25) is 0 Å². The summed E-state index contributed by atoms with van der Waals surface area (Å²) in [6.07, 6.45) is 0. The van der Waals surface area contributed by atoms with E-state index in [9.17, 15) is 4.79 Å². The average Bonchev–Trinajstić information content (AvgIpc) is 2.61. The van der Waals surface area contributed by atoms with Gasteiger partial charge in [-0.3, -0.25) is 4.79 Å². The van der Waals surface area contributed by atoms with Crippen LogP contribution >= 0.6 is 0 Å². The van der Waals surface area contributed by atoms with Gasteiger partial charge in [0, 0.05) is 27.6 Å². The quantitative estimate of drug-likeness (QED) is 0.819. The van der Waals surface area contributed by atoms with Crippen LogP contribution in [0.4, 0.5) is 0 Å². The number of Topliss-reactive ketones (excluding diaryl/α,β-unsaturated/α-hetero) is 1. The second-order valence-electron chi connectivity index (χ2n) is 5.62. The van der Waals surface area contributed by atoms with Gasteiger partial charge >= 0.3 is 0 Å². The van der Waals surface area contributed by atoms with E-state index in [-0.39, 0.29) is 11.2 Å². The van der Waals surface area contributed by atoms with E-state index < -0.39 is 0 Å². The van der Waals surface area contributed by atoms with Crippen molar-refractivity contribution in [3.05, 3.63) is 29.5 Å². The van der Waals surface area contributed by atoms with Crippen molar-refractivity contribution in [2.45, 2.75) is 27.7 Å². The summed E-state index contributed by atoms with van der Waals surface area (Å²) in [4.78, 5) is 15.8. The molecular formula is C15H19NO2. The molecule has 0 aliphatic carbocycles. The van der Waals surface area contributed by atoms with Gasteiger partial charge in [0.15, 0.2) is 5.78 Å². The van der Waals surface area contributed by atoms with Crippen LogP contribution < -0.4 is 4.74 Å². The van der Waals surface area contributed by atoms with E-state index >= 15 is 0 Å². The van der Waals surface area contributed by atoms with Gasteiger partial charge in [-0.1, -0.05) is 20.8 Å². The van der Waals surface area contributed by atoms with E-state index in [1.54, 1.807) is 7.11 Å². The summed E-state index contributed by atoms with van der Waals surface area (Å²) < 4.78 is 5.23. The first-order valence-electron chi connectivity index (χ1n) is 6.05. The summed E-state index contributed by atoms with van der Waals surface area (Å²) in [5.74, 6) is 0.920. The van der Waals surface area contributed by atoms with Gasteiger partial charge in [0.1, 0.15) is 5.75 Å². The molecular weight excluding hydrogens is 226 g/mol. The summed E-state index contributed by atoms with van der Waals surface area (Å²) >= 11 is 0. The Morgan fingerprint density at radius 3 is 2.50 bits per heavy atom. The van der Waals surface area contributed by atoms with Crippen LogP contribution in [0.1, 0.15) is 36.8 Å². The van der Waals surface area contributed by atoms with Gasteiger partial charge in [0.05, 0.1) is 7.11 Å². The molecule has 0 atom stereocenters. The van der Waals surface area contributed by atoms with Crippen molar-refractivity contribution in [3.8, 4) is 5.75 Å². The molecule has 96 valence electrons. The molecule has 0 radical (unpaired) electrons. The summed E-state index contributed by atoms with van der Waals surface area (Å²) in [6.45, 7) is 7.75. The van der Waals surface area contributed by atoms with E-state index in [2.05, 4.69) is 4.98 Å². The second-order valence-corrected chi connectivity index (χ2v) is 5.62. The maximum Gasteiger partial charge on any atom is 0.170 e. The molecule has 0 bridgehead atoms. The lowest BCUT2D eigenvalue weighted by molar-refractivity contribution is 0.0859. The van der Waals surface area contributed by atoms with E-state index in [1.807, 2.05) is 45.9 Å². The first kappa shape index (κ1) is 12.7. The van der Waals surface area contributed by atoms with Crippen molar-refractivity contribution in [3.63, 3.8) is 0 Å². The molecule has 0 spiro atoms. The molecule has 1 aromatic carbocycles. The number of rotatable bonds is 2. The van der Waals surface area contributed by atoms with Gasteiger partial charge in [0.25, 0.3) is 0 Å². The molecule has 1 N–H and O–H groups in total. The number of hydrogen-bond donors (Lipinski definition) is 1. The van der Waals surface area contributed by atoms with Crippen LogP contribution in [0.15, 0.2) is 18.2 Å². The normalized spacial score (nSPS) is 11.8. The minimum atomic E-state index is -0.386. The van der Waals surface area contributed by atoms with Crippen LogP contribution in [-0.2, 0) is 0 Å². The number of aromatic nitrogens is 1. The van der Waals surface area contributed by atoms with Crippen LogP contribution in [0.3, 0.4) is 0 Å². The Morgan fingerprint density at radius 1 is 1.28 bits per heavy atom. The lowest BCUT2D eigenvalue weighted by Gasteiger charge is -2.16. The number of carbonyl (C=O) groups excluding carboxylic acids is 1. The van der Waals surface area contributed by atoms with E-state index in [4.69, 9.17) is 4.74 Å². The standard InChI is InChI=1S/C15H19NO2/c1-9-13(14(17)15(2,3)4)11-8-10(18-5)6-7-12(11)16-9/h6-8,16H,1-5H3. The smallest absolute Gasteiger partial charge is 0.170 e. The van der Waals surface area contributed by atoms with Gasteiger partial charge in [-0.15, -0.1) is 0 Å². The lowest BCUT2D eigenvalue weighted by atomic mass is 9.85. The molecule has 0 aliphatic rings. The van der Waals surface area contributed by atoms with Crippen LogP contribution in [0.2, 0.25) is 0 Å². The first-order chi connectivity index (χ1) is 8.34. The van der Waals surface area contributed by atoms with Crippen LogP contribution in [0, 0.1) is 12.3 Å². The fourth-order valence-corrected chi connectivity index (χ4v) is 2.10. The maximum atomic E-state index is 12.5. The molecule has 2 aromatic rings.